The number of hydrogen-bond acceptors (Lipinski definition) is 4. The second kappa shape index (κ2) is 10.9. The Hall–Kier alpha value is -2.80. The van der Waals surface area contributed by atoms with Gasteiger partial charge in [0.25, 0.3) is 0 Å². The highest BCUT2D eigenvalue weighted by molar-refractivity contribution is 7.85. The Morgan fingerprint density at radius 2 is 1.42 bits per heavy atom. The Kier molecular flexibility index (Phi) is 7.70. The molecule has 2 aromatic carbocycles. The minimum absolute atomic E-state index is 0.0121. The molecule has 2 fully saturated rings. The van der Waals surface area contributed by atoms with Crippen LogP contribution in [-0.2, 0) is 31.6 Å². The van der Waals surface area contributed by atoms with Crippen LogP contribution in [0.25, 0.3) is 0 Å². The molecule has 0 bridgehead atoms. The summed E-state index contributed by atoms with van der Waals surface area (Å²) in [5, 5.41) is 0. The Bertz CT molecular complexity index is 1010. The molecule has 2 heterocycles. The van der Waals surface area contributed by atoms with Crippen molar-refractivity contribution >= 4 is 28.4 Å². The smallest absolute Gasteiger partial charge is 0.245 e. The topological polar surface area (TPSA) is 74.8 Å². The van der Waals surface area contributed by atoms with Crippen LogP contribution in [0, 0.1) is 0 Å². The zero-order valence-corrected chi connectivity index (χ0v) is 19.5. The van der Waals surface area contributed by atoms with E-state index in [1.807, 2.05) is 36.4 Å². The number of Topliss-reactive ketones (excluding diaryl/α,β-unsaturated/α-hetero) is 1. The largest absolute Gasteiger partial charge is 0.331 e. The molecule has 174 valence electrons. The summed E-state index contributed by atoms with van der Waals surface area (Å²) in [6.45, 7) is 1.09. The lowest BCUT2D eigenvalue weighted by molar-refractivity contribution is -0.146. The molecule has 0 N–H and O–H groups in total. The SMILES string of the molecule is O=C(CS(=O)c1ccccc1)[C@@H]1CCCN1C(=O)[C@@H]1CCCN1C(=O)CCc1ccccc1. The van der Waals surface area contributed by atoms with E-state index in [2.05, 4.69) is 0 Å². The van der Waals surface area contributed by atoms with Crippen LogP contribution in [0.15, 0.2) is 65.6 Å². The van der Waals surface area contributed by atoms with E-state index in [4.69, 9.17) is 0 Å². The van der Waals surface area contributed by atoms with Gasteiger partial charge in [-0.25, -0.2) is 0 Å². The van der Waals surface area contributed by atoms with Crippen molar-refractivity contribution in [3.8, 4) is 0 Å². The third kappa shape index (κ3) is 5.58. The summed E-state index contributed by atoms with van der Waals surface area (Å²) < 4.78 is 12.6. The maximum absolute atomic E-state index is 13.4. The molecule has 2 aliphatic heterocycles. The molecule has 2 amide bonds. The lowest BCUT2D eigenvalue weighted by atomic mass is 10.1. The Morgan fingerprint density at radius 1 is 0.818 bits per heavy atom. The zero-order chi connectivity index (χ0) is 23.2. The van der Waals surface area contributed by atoms with Gasteiger partial charge < -0.3 is 9.80 Å². The lowest BCUT2D eigenvalue weighted by Gasteiger charge is -2.31. The number of amides is 2. The average molecular weight is 467 g/mol. The van der Waals surface area contributed by atoms with Crippen molar-refractivity contribution in [2.75, 3.05) is 18.8 Å². The fourth-order valence-electron chi connectivity index (χ4n) is 4.80. The highest BCUT2D eigenvalue weighted by Gasteiger charge is 2.41. The summed E-state index contributed by atoms with van der Waals surface area (Å²) in [5.74, 6) is -0.407. The average Bonchev–Trinajstić information content (AvgIpc) is 3.53. The second-order valence-corrected chi connectivity index (χ2v) is 10.1. The van der Waals surface area contributed by atoms with E-state index in [1.54, 1.807) is 34.1 Å². The molecule has 0 aromatic heterocycles. The third-order valence-corrected chi connectivity index (χ3v) is 7.86. The van der Waals surface area contributed by atoms with E-state index in [1.165, 1.54) is 0 Å². The zero-order valence-electron chi connectivity index (χ0n) is 18.7. The number of rotatable bonds is 8. The molecule has 2 saturated heterocycles. The van der Waals surface area contributed by atoms with Gasteiger partial charge in [-0.1, -0.05) is 48.5 Å². The molecule has 0 aliphatic carbocycles. The van der Waals surface area contributed by atoms with Crippen LogP contribution in [-0.4, -0.2) is 62.5 Å². The van der Waals surface area contributed by atoms with Gasteiger partial charge in [0.1, 0.15) is 6.04 Å². The third-order valence-electron chi connectivity index (χ3n) is 6.52. The maximum atomic E-state index is 13.4. The highest BCUT2D eigenvalue weighted by atomic mass is 32.2. The molecule has 0 spiro atoms. The first-order valence-corrected chi connectivity index (χ1v) is 13.0. The normalized spacial score (nSPS) is 21.2. The molecule has 0 radical (unpaired) electrons. The van der Waals surface area contributed by atoms with Crippen molar-refractivity contribution in [2.45, 2.75) is 55.5 Å². The van der Waals surface area contributed by atoms with Crippen molar-refractivity contribution in [1.29, 1.82) is 0 Å². The van der Waals surface area contributed by atoms with E-state index >= 15 is 0 Å². The van der Waals surface area contributed by atoms with Gasteiger partial charge in [0, 0.05) is 24.4 Å². The van der Waals surface area contributed by atoms with Crippen LogP contribution >= 0.6 is 0 Å². The first kappa shape index (κ1) is 23.4. The van der Waals surface area contributed by atoms with Gasteiger partial charge in [-0.15, -0.1) is 0 Å². The molecule has 1 unspecified atom stereocenters. The molecular formula is C26H30N2O4S. The Balaban J connectivity index is 1.37. The van der Waals surface area contributed by atoms with Gasteiger partial charge in [0.2, 0.25) is 11.8 Å². The van der Waals surface area contributed by atoms with Crippen molar-refractivity contribution in [1.82, 2.24) is 9.80 Å². The first-order valence-electron chi connectivity index (χ1n) is 11.6. The minimum atomic E-state index is -1.43. The number of ketones is 1. The molecule has 3 atom stereocenters. The number of carbonyl (C=O) groups excluding carboxylic acids is 3. The van der Waals surface area contributed by atoms with Gasteiger partial charge in [-0.05, 0) is 49.8 Å². The predicted molar refractivity (Wildman–Crippen MR) is 127 cm³/mol. The van der Waals surface area contributed by atoms with Crippen LogP contribution in [0.3, 0.4) is 0 Å². The van der Waals surface area contributed by atoms with E-state index in [0.29, 0.717) is 43.7 Å². The van der Waals surface area contributed by atoms with Crippen LogP contribution in [0.4, 0.5) is 0 Å². The molecule has 2 aliphatic rings. The van der Waals surface area contributed by atoms with E-state index < -0.39 is 22.9 Å². The Labute approximate surface area is 197 Å². The van der Waals surface area contributed by atoms with Crippen LogP contribution < -0.4 is 0 Å². The summed E-state index contributed by atoms with van der Waals surface area (Å²) in [7, 11) is -1.43. The van der Waals surface area contributed by atoms with E-state index in [-0.39, 0.29) is 23.4 Å². The predicted octanol–water partition coefficient (Wildman–Crippen LogP) is 2.98. The van der Waals surface area contributed by atoms with Gasteiger partial charge in [-0.2, -0.15) is 0 Å². The van der Waals surface area contributed by atoms with Crippen LogP contribution in [0.1, 0.15) is 37.7 Å². The first-order chi connectivity index (χ1) is 16.0. The molecule has 2 aromatic rings. The van der Waals surface area contributed by atoms with E-state index in [0.717, 1.165) is 18.4 Å². The van der Waals surface area contributed by atoms with Crippen molar-refractivity contribution in [3.63, 3.8) is 0 Å². The number of carbonyl (C=O) groups is 3. The molecular weight excluding hydrogens is 436 g/mol. The second-order valence-electron chi connectivity index (χ2n) is 8.69. The Morgan fingerprint density at radius 3 is 2.12 bits per heavy atom. The number of aryl methyl sites for hydroxylation is 1. The van der Waals surface area contributed by atoms with E-state index in [9.17, 15) is 18.6 Å². The summed E-state index contributed by atoms with van der Waals surface area (Å²) in [6.07, 6.45) is 3.76. The van der Waals surface area contributed by atoms with Crippen molar-refractivity contribution < 1.29 is 18.6 Å². The maximum Gasteiger partial charge on any atom is 0.245 e. The van der Waals surface area contributed by atoms with Gasteiger partial charge in [0.05, 0.1) is 22.6 Å². The number of hydrogen-bond donors (Lipinski definition) is 0. The van der Waals surface area contributed by atoms with Gasteiger partial charge in [-0.3, -0.25) is 18.6 Å². The van der Waals surface area contributed by atoms with Crippen LogP contribution in [0.2, 0.25) is 0 Å². The summed E-state index contributed by atoms with van der Waals surface area (Å²) in [5.41, 5.74) is 1.10. The number of nitrogens with zero attached hydrogens (tertiary/aromatic N) is 2. The molecule has 7 heteroatoms. The molecule has 0 saturated carbocycles. The lowest BCUT2D eigenvalue weighted by Crippen LogP contribution is -2.51. The number of benzene rings is 2. The fraction of sp³-hybridized carbons (Fsp3) is 0.423. The highest BCUT2D eigenvalue weighted by Crippen LogP contribution is 2.26. The molecule has 4 rings (SSSR count). The van der Waals surface area contributed by atoms with Gasteiger partial charge in [0.15, 0.2) is 5.78 Å². The summed E-state index contributed by atoms with van der Waals surface area (Å²) in [4.78, 5) is 43.2. The van der Waals surface area contributed by atoms with Crippen molar-refractivity contribution in [2.24, 2.45) is 0 Å². The molecule has 6 nitrogen and oxygen atoms in total. The number of likely N-dealkylation sites (tertiary alicyclic amines) is 2. The quantitative estimate of drug-likeness (QED) is 0.600. The van der Waals surface area contributed by atoms with Crippen LogP contribution in [0.5, 0.6) is 0 Å². The van der Waals surface area contributed by atoms with Gasteiger partial charge >= 0.3 is 0 Å². The standard InChI is InChI=1S/C26H30N2O4S/c29-24(19-33(32)21-11-5-2-6-12-21)22-13-7-18-28(22)26(31)23-14-8-17-27(23)25(30)16-15-20-9-3-1-4-10-20/h1-6,9-12,22-23H,7-8,13-19H2/t22-,23-,33?/m0/s1. The monoisotopic (exact) mass is 466 g/mol. The fourth-order valence-corrected chi connectivity index (χ4v) is 5.88. The van der Waals surface area contributed by atoms with Crippen molar-refractivity contribution in [3.05, 3.63) is 66.2 Å². The summed E-state index contributed by atoms with van der Waals surface area (Å²) in [6, 6.07) is 17.7. The minimum Gasteiger partial charge on any atom is -0.331 e. The molecule has 33 heavy (non-hydrogen) atoms. The summed E-state index contributed by atoms with van der Waals surface area (Å²) >= 11 is 0.